The number of aryl methyl sites for hydroxylation is 1. The Morgan fingerprint density at radius 2 is 1.95 bits per heavy atom. The molecule has 21 heavy (non-hydrogen) atoms. The average molecular weight is 284 g/mol. The first kappa shape index (κ1) is 13.3. The second-order valence-electron chi connectivity index (χ2n) is 6.96. The number of rotatable bonds is 2. The zero-order valence-electron chi connectivity index (χ0n) is 12.5. The summed E-state index contributed by atoms with van der Waals surface area (Å²) in [6, 6.07) is 8.71. The van der Waals surface area contributed by atoms with Crippen LogP contribution >= 0.6 is 0 Å². The van der Waals surface area contributed by atoms with Gasteiger partial charge in [-0.2, -0.15) is 0 Å². The maximum atomic E-state index is 12.8. The van der Waals surface area contributed by atoms with Gasteiger partial charge in [0, 0.05) is 19.0 Å². The van der Waals surface area contributed by atoms with Crippen LogP contribution in [0.3, 0.4) is 0 Å². The van der Waals surface area contributed by atoms with Crippen LogP contribution in [-0.4, -0.2) is 30.4 Å². The second-order valence-corrected chi connectivity index (χ2v) is 6.96. The molecule has 4 rings (SSSR count). The third kappa shape index (κ3) is 2.18. The fraction of sp³-hybridized carbons (Fsp3) is 0.611. The van der Waals surface area contributed by atoms with Gasteiger partial charge in [0.25, 0.3) is 0 Å². The molecular formula is C18H24N2O. The molecule has 0 spiro atoms. The van der Waals surface area contributed by atoms with Crippen LogP contribution in [0.25, 0.3) is 0 Å². The Morgan fingerprint density at radius 1 is 1.19 bits per heavy atom. The number of hydrogen-bond acceptors (Lipinski definition) is 2. The predicted octanol–water partition coefficient (Wildman–Crippen LogP) is 2.16. The van der Waals surface area contributed by atoms with Gasteiger partial charge in [0.05, 0.1) is 0 Å². The number of nitrogens with two attached hydrogens (primary N) is 1. The quantitative estimate of drug-likeness (QED) is 0.904. The standard InChI is InChI=1S/C18H24N2O/c19-11-12-7-9-20(10-8-12)18(21)17-15-6-5-13-3-1-2-4-14(13)16(15)17/h1-4,12,15-17H,5-11,19H2. The Bertz CT molecular complexity index is 548. The van der Waals surface area contributed by atoms with Crippen LogP contribution in [0.5, 0.6) is 0 Å². The highest BCUT2D eigenvalue weighted by atomic mass is 16.2. The molecule has 112 valence electrons. The van der Waals surface area contributed by atoms with Gasteiger partial charge in [0.15, 0.2) is 0 Å². The number of carbonyl (C=O) groups is 1. The van der Waals surface area contributed by atoms with Crippen molar-refractivity contribution in [3.8, 4) is 0 Å². The highest BCUT2D eigenvalue weighted by Crippen LogP contribution is 2.60. The van der Waals surface area contributed by atoms with Crippen molar-refractivity contribution in [1.82, 2.24) is 4.90 Å². The number of carbonyl (C=O) groups excluding carboxylic acids is 1. The van der Waals surface area contributed by atoms with Gasteiger partial charge in [-0.1, -0.05) is 24.3 Å². The first-order chi connectivity index (χ1) is 10.3. The van der Waals surface area contributed by atoms with Crippen LogP contribution in [0, 0.1) is 17.8 Å². The third-order valence-corrected chi connectivity index (χ3v) is 5.87. The second kappa shape index (κ2) is 5.13. The van der Waals surface area contributed by atoms with Crippen molar-refractivity contribution in [2.75, 3.05) is 19.6 Å². The lowest BCUT2D eigenvalue weighted by atomic mass is 9.92. The van der Waals surface area contributed by atoms with Gasteiger partial charge in [-0.05, 0) is 61.1 Å². The summed E-state index contributed by atoms with van der Waals surface area (Å²) in [5.41, 5.74) is 8.66. The normalized spacial score (nSPS) is 31.5. The van der Waals surface area contributed by atoms with E-state index in [2.05, 4.69) is 29.2 Å². The minimum absolute atomic E-state index is 0.267. The number of benzene rings is 1. The van der Waals surface area contributed by atoms with Crippen LogP contribution < -0.4 is 5.73 Å². The van der Waals surface area contributed by atoms with Crippen molar-refractivity contribution in [2.24, 2.45) is 23.5 Å². The summed E-state index contributed by atoms with van der Waals surface area (Å²) < 4.78 is 0. The van der Waals surface area contributed by atoms with E-state index in [4.69, 9.17) is 5.73 Å². The van der Waals surface area contributed by atoms with Gasteiger partial charge >= 0.3 is 0 Å². The van der Waals surface area contributed by atoms with Crippen LogP contribution in [0.15, 0.2) is 24.3 Å². The molecule has 1 aromatic rings. The molecule has 1 saturated heterocycles. The van der Waals surface area contributed by atoms with Crippen molar-refractivity contribution >= 4 is 5.91 Å². The highest BCUT2D eigenvalue weighted by molar-refractivity contribution is 5.84. The van der Waals surface area contributed by atoms with E-state index < -0.39 is 0 Å². The lowest BCUT2D eigenvalue weighted by molar-refractivity contribution is -0.134. The summed E-state index contributed by atoms with van der Waals surface area (Å²) in [4.78, 5) is 14.9. The molecule has 1 aromatic carbocycles. The molecule has 2 fully saturated rings. The molecule has 0 aromatic heterocycles. The van der Waals surface area contributed by atoms with Crippen LogP contribution in [0.4, 0.5) is 0 Å². The van der Waals surface area contributed by atoms with E-state index in [0.29, 0.717) is 23.7 Å². The zero-order valence-corrected chi connectivity index (χ0v) is 12.5. The molecule has 1 amide bonds. The van der Waals surface area contributed by atoms with Crippen molar-refractivity contribution in [1.29, 1.82) is 0 Å². The Kier molecular flexibility index (Phi) is 3.26. The van der Waals surface area contributed by atoms with Gasteiger partial charge in [-0.3, -0.25) is 4.79 Å². The molecule has 1 heterocycles. The summed E-state index contributed by atoms with van der Waals surface area (Å²) >= 11 is 0. The predicted molar refractivity (Wildman–Crippen MR) is 82.8 cm³/mol. The van der Waals surface area contributed by atoms with E-state index in [0.717, 1.165) is 38.9 Å². The topological polar surface area (TPSA) is 46.3 Å². The first-order valence-corrected chi connectivity index (χ1v) is 8.36. The van der Waals surface area contributed by atoms with Crippen LogP contribution in [0.1, 0.15) is 36.3 Å². The largest absolute Gasteiger partial charge is 0.342 e. The lowest BCUT2D eigenvalue weighted by Crippen LogP contribution is -2.41. The molecule has 1 saturated carbocycles. The summed E-state index contributed by atoms with van der Waals surface area (Å²) in [5.74, 6) is 2.42. The van der Waals surface area contributed by atoms with Gasteiger partial charge in [-0.25, -0.2) is 0 Å². The summed E-state index contributed by atoms with van der Waals surface area (Å²) in [5, 5.41) is 0. The monoisotopic (exact) mass is 284 g/mol. The molecule has 1 aliphatic heterocycles. The number of piperidine rings is 1. The van der Waals surface area contributed by atoms with E-state index >= 15 is 0 Å². The minimum atomic E-state index is 0.267. The Hall–Kier alpha value is -1.35. The fourth-order valence-corrected chi connectivity index (χ4v) is 4.50. The Morgan fingerprint density at radius 3 is 2.71 bits per heavy atom. The average Bonchev–Trinajstić information content (AvgIpc) is 3.29. The maximum Gasteiger partial charge on any atom is 0.226 e. The van der Waals surface area contributed by atoms with E-state index in [1.54, 1.807) is 0 Å². The molecular weight excluding hydrogens is 260 g/mol. The van der Waals surface area contributed by atoms with Gasteiger partial charge < -0.3 is 10.6 Å². The van der Waals surface area contributed by atoms with Gasteiger partial charge in [0.2, 0.25) is 5.91 Å². The summed E-state index contributed by atoms with van der Waals surface area (Å²) in [6.07, 6.45) is 4.51. The summed E-state index contributed by atoms with van der Waals surface area (Å²) in [6.45, 7) is 2.60. The van der Waals surface area contributed by atoms with Gasteiger partial charge in [0.1, 0.15) is 0 Å². The number of likely N-dealkylation sites (tertiary alicyclic amines) is 1. The summed E-state index contributed by atoms with van der Waals surface area (Å²) in [7, 11) is 0. The highest BCUT2D eigenvalue weighted by Gasteiger charge is 2.57. The lowest BCUT2D eigenvalue weighted by Gasteiger charge is -2.31. The maximum absolute atomic E-state index is 12.8. The SMILES string of the molecule is NCC1CCN(C(=O)C2C3CCc4ccccc4C32)CC1. The van der Waals surface area contributed by atoms with E-state index in [1.165, 1.54) is 17.5 Å². The smallest absolute Gasteiger partial charge is 0.226 e. The fourth-order valence-electron chi connectivity index (χ4n) is 4.50. The van der Waals surface area contributed by atoms with E-state index in [9.17, 15) is 4.79 Å². The molecule has 2 N–H and O–H groups in total. The van der Waals surface area contributed by atoms with E-state index in [-0.39, 0.29) is 5.92 Å². The Labute approximate surface area is 126 Å². The number of amides is 1. The number of hydrogen-bond donors (Lipinski definition) is 1. The zero-order chi connectivity index (χ0) is 14.4. The number of nitrogens with zero attached hydrogens (tertiary/aromatic N) is 1. The van der Waals surface area contributed by atoms with Crippen LogP contribution in [0.2, 0.25) is 0 Å². The molecule has 3 heteroatoms. The third-order valence-electron chi connectivity index (χ3n) is 5.87. The van der Waals surface area contributed by atoms with Crippen molar-refractivity contribution in [3.63, 3.8) is 0 Å². The van der Waals surface area contributed by atoms with Gasteiger partial charge in [-0.15, -0.1) is 0 Å². The van der Waals surface area contributed by atoms with Crippen molar-refractivity contribution in [3.05, 3.63) is 35.4 Å². The van der Waals surface area contributed by atoms with Crippen molar-refractivity contribution in [2.45, 2.75) is 31.6 Å². The first-order valence-electron chi connectivity index (χ1n) is 8.36. The molecule has 3 unspecified atom stereocenters. The molecule has 3 atom stereocenters. The molecule has 3 nitrogen and oxygen atoms in total. The molecule has 0 radical (unpaired) electrons. The van der Waals surface area contributed by atoms with Crippen LogP contribution in [-0.2, 0) is 11.2 Å². The molecule has 0 bridgehead atoms. The van der Waals surface area contributed by atoms with E-state index in [1.807, 2.05) is 0 Å². The minimum Gasteiger partial charge on any atom is -0.342 e. The van der Waals surface area contributed by atoms with Crippen molar-refractivity contribution < 1.29 is 4.79 Å². The number of fused-ring (bicyclic) bond motifs is 3. The Balaban J connectivity index is 1.46. The molecule has 3 aliphatic rings. The molecule has 2 aliphatic carbocycles.